The van der Waals surface area contributed by atoms with E-state index in [0.717, 1.165) is 5.92 Å². The van der Waals surface area contributed by atoms with E-state index in [2.05, 4.69) is 12.2 Å². The lowest BCUT2D eigenvalue weighted by Gasteiger charge is -2.36. The van der Waals surface area contributed by atoms with Crippen LogP contribution in [0.4, 0.5) is 0 Å². The molecule has 2 rings (SSSR count). The maximum absolute atomic E-state index is 9.96. The van der Waals surface area contributed by atoms with E-state index in [-0.39, 0.29) is 5.54 Å². The van der Waals surface area contributed by atoms with E-state index in [1.54, 1.807) is 0 Å². The van der Waals surface area contributed by atoms with Gasteiger partial charge in [-0.15, -0.1) is 0 Å². The minimum Gasteiger partial charge on any atom is -0.394 e. The first kappa shape index (κ1) is 15.3. The Labute approximate surface area is 119 Å². The Hall–Kier alpha value is -0.0800. The van der Waals surface area contributed by atoms with E-state index in [1.165, 1.54) is 77.0 Å². The van der Waals surface area contributed by atoms with E-state index >= 15 is 0 Å². The van der Waals surface area contributed by atoms with E-state index in [9.17, 15) is 5.11 Å². The van der Waals surface area contributed by atoms with Gasteiger partial charge in [0.25, 0.3) is 0 Å². The average molecular weight is 267 g/mol. The smallest absolute Gasteiger partial charge is 0.0613 e. The summed E-state index contributed by atoms with van der Waals surface area (Å²) in [6, 6.07) is 0.660. The molecule has 0 radical (unpaired) electrons. The van der Waals surface area contributed by atoms with Gasteiger partial charge in [-0.3, -0.25) is 0 Å². The summed E-state index contributed by atoms with van der Waals surface area (Å²) in [5.74, 6) is 0.893. The Balaban J connectivity index is 1.92. The first-order valence-corrected chi connectivity index (χ1v) is 8.66. The van der Waals surface area contributed by atoms with Crippen molar-refractivity contribution < 1.29 is 5.11 Å². The Kier molecular flexibility index (Phi) is 6.15. The molecule has 2 aliphatic rings. The van der Waals surface area contributed by atoms with Crippen LogP contribution in [0.2, 0.25) is 0 Å². The number of aliphatic hydroxyl groups is 1. The summed E-state index contributed by atoms with van der Waals surface area (Å²) in [5, 5.41) is 13.9. The molecule has 2 N–H and O–H groups in total. The summed E-state index contributed by atoms with van der Waals surface area (Å²) in [7, 11) is 0. The van der Waals surface area contributed by atoms with Gasteiger partial charge in [-0.25, -0.2) is 0 Å². The minimum absolute atomic E-state index is 0.0406. The fourth-order valence-corrected chi connectivity index (χ4v) is 4.09. The molecular weight excluding hydrogens is 234 g/mol. The maximum Gasteiger partial charge on any atom is 0.0613 e. The lowest BCUT2D eigenvalue weighted by Crippen LogP contribution is -2.52. The van der Waals surface area contributed by atoms with Gasteiger partial charge in [-0.1, -0.05) is 51.9 Å². The Morgan fingerprint density at radius 1 is 0.947 bits per heavy atom. The molecule has 2 fully saturated rings. The summed E-state index contributed by atoms with van der Waals surface area (Å²) in [6.45, 7) is 2.65. The van der Waals surface area contributed by atoms with Crippen molar-refractivity contribution in [2.24, 2.45) is 5.92 Å². The fraction of sp³-hybridized carbons (Fsp3) is 1.00. The molecule has 112 valence electrons. The summed E-state index contributed by atoms with van der Waals surface area (Å²) < 4.78 is 0. The van der Waals surface area contributed by atoms with Crippen LogP contribution in [0, 0.1) is 5.92 Å². The van der Waals surface area contributed by atoms with Crippen molar-refractivity contribution >= 4 is 0 Å². The fourth-order valence-electron chi connectivity index (χ4n) is 4.09. The molecular formula is C17H33NO. The van der Waals surface area contributed by atoms with Gasteiger partial charge in [0.15, 0.2) is 0 Å². The van der Waals surface area contributed by atoms with Gasteiger partial charge in [0.05, 0.1) is 6.61 Å². The molecule has 0 amide bonds. The second-order valence-electron chi connectivity index (χ2n) is 6.98. The highest BCUT2D eigenvalue weighted by atomic mass is 16.3. The predicted octanol–water partition coefficient (Wildman–Crippen LogP) is 4.02. The largest absolute Gasteiger partial charge is 0.394 e. The molecule has 0 heterocycles. The average Bonchev–Trinajstić information content (AvgIpc) is 2.80. The van der Waals surface area contributed by atoms with Crippen molar-refractivity contribution in [3.8, 4) is 0 Å². The third kappa shape index (κ3) is 4.46. The highest BCUT2D eigenvalue weighted by Gasteiger charge is 2.34. The van der Waals surface area contributed by atoms with E-state index in [0.29, 0.717) is 12.6 Å². The van der Waals surface area contributed by atoms with Crippen molar-refractivity contribution in [3.63, 3.8) is 0 Å². The van der Waals surface area contributed by atoms with E-state index < -0.39 is 0 Å². The molecule has 0 aromatic rings. The van der Waals surface area contributed by atoms with Gasteiger partial charge >= 0.3 is 0 Å². The highest BCUT2D eigenvalue weighted by molar-refractivity contribution is 4.93. The van der Waals surface area contributed by atoms with Crippen LogP contribution < -0.4 is 5.32 Å². The summed E-state index contributed by atoms with van der Waals surface area (Å²) >= 11 is 0. The zero-order valence-electron chi connectivity index (χ0n) is 12.8. The van der Waals surface area contributed by atoms with Crippen LogP contribution in [0.1, 0.15) is 84.0 Å². The maximum atomic E-state index is 9.96. The molecule has 0 spiro atoms. The summed E-state index contributed by atoms with van der Waals surface area (Å²) in [6.07, 6.45) is 15.8. The van der Waals surface area contributed by atoms with Gasteiger partial charge in [0.2, 0.25) is 0 Å². The quantitative estimate of drug-likeness (QED) is 0.754. The van der Waals surface area contributed by atoms with Crippen LogP contribution in [-0.2, 0) is 0 Å². The summed E-state index contributed by atoms with van der Waals surface area (Å²) in [5.41, 5.74) is 0.0406. The molecule has 2 heteroatoms. The zero-order valence-corrected chi connectivity index (χ0v) is 12.8. The molecule has 0 bridgehead atoms. The van der Waals surface area contributed by atoms with Crippen LogP contribution in [0.15, 0.2) is 0 Å². The topological polar surface area (TPSA) is 32.3 Å². The molecule has 0 aliphatic heterocycles. The number of hydrogen-bond donors (Lipinski definition) is 2. The third-order valence-electron chi connectivity index (χ3n) is 5.54. The van der Waals surface area contributed by atoms with Gasteiger partial charge in [0, 0.05) is 11.6 Å². The number of nitrogens with one attached hydrogen (secondary N) is 1. The number of hydrogen-bond acceptors (Lipinski definition) is 2. The normalized spacial score (nSPS) is 34.7. The lowest BCUT2D eigenvalue weighted by molar-refractivity contribution is 0.126. The monoisotopic (exact) mass is 267 g/mol. The Bertz CT molecular complexity index is 248. The van der Waals surface area contributed by atoms with Crippen LogP contribution in [0.3, 0.4) is 0 Å². The van der Waals surface area contributed by atoms with Crippen molar-refractivity contribution in [2.45, 2.75) is 95.6 Å². The predicted molar refractivity (Wildman–Crippen MR) is 81.3 cm³/mol. The van der Waals surface area contributed by atoms with Crippen molar-refractivity contribution in [1.29, 1.82) is 0 Å². The summed E-state index contributed by atoms with van der Waals surface area (Å²) in [4.78, 5) is 0. The van der Waals surface area contributed by atoms with E-state index in [4.69, 9.17) is 0 Å². The molecule has 2 aliphatic carbocycles. The zero-order chi connectivity index (χ0) is 13.6. The van der Waals surface area contributed by atoms with Crippen molar-refractivity contribution in [1.82, 2.24) is 5.32 Å². The second-order valence-corrected chi connectivity index (χ2v) is 6.98. The molecule has 0 aromatic carbocycles. The van der Waals surface area contributed by atoms with Crippen LogP contribution in [-0.4, -0.2) is 23.3 Å². The van der Waals surface area contributed by atoms with Gasteiger partial charge < -0.3 is 10.4 Å². The second kappa shape index (κ2) is 7.64. The molecule has 2 unspecified atom stereocenters. The number of rotatable bonds is 4. The Morgan fingerprint density at radius 2 is 1.68 bits per heavy atom. The minimum atomic E-state index is 0.0406. The number of aliphatic hydroxyl groups excluding tert-OH is 1. The van der Waals surface area contributed by atoms with Crippen LogP contribution in [0.5, 0.6) is 0 Å². The highest BCUT2D eigenvalue weighted by Crippen LogP contribution is 2.33. The standard InChI is InChI=1S/C17H33NO/c1-2-15-8-7-12-17(14-19,13-11-15)18-16-9-5-3-4-6-10-16/h15-16,18-19H,2-14H2,1H3. The lowest BCUT2D eigenvalue weighted by atomic mass is 9.88. The van der Waals surface area contributed by atoms with Crippen LogP contribution >= 0.6 is 0 Å². The van der Waals surface area contributed by atoms with Crippen molar-refractivity contribution in [3.05, 3.63) is 0 Å². The van der Waals surface area contributed by atoms with Crippen LogP contribution in [0.25, 0.3) is 0 Å². The molecule has 2 saturated carbocycles. The third-order valence-corrected chi connectivity index (χ3v) is 5.54. The Morgan fingerprint density at radius 3 is 2.32 bits per heavy atom. The van der Waals surface area contributed by atoms with Gasteiger partial charge in [0.1, 0.15) is 0 Å². The molecule has 2 nitrogen and oxygen atoms in total. The SMILES string of the molecule is CCC1CCCC(CO)(NC2CCCCCC2)CC1. The molecule has 2 atom stereocenters. The molecule has 0 saturated heterocycles. The first-order valence-electron chi connectivity index (χ1n) is 8.66. The van der Waals surface area contributed by atoms with E-state index in [1.807, 2.05) is 0 Å². The molecule has 0 aromatic heterocycles. The van der Waals surface area contributed by atoms with Gasteiger partial charge in [-0.2, -0.15) is 0 Å². The first-order chi connectivity index (χ1) is 9.28. The van der Waals surface area contributed by atoms with Crippen molar-refractivity contribution in [2.75, 3.05) is 6.61 Å². The molecule has 19 heavy (non-hydrogen) atoms. The van der Waals surface area contributed by atoms with Gasteiger partial charge in [-0.05, 0) is 38.0 Å².